The fourth-order valence-electron chi connectivity index (χ4n) is 0.805. The van der Waals surface area contributed by atoms with Crippen molar-refractivity contribution >= 4 is 0 Å². The van der Waals surface area contributed by atoms with Crippen LogP contribution in [-0.4, -0.2) is 7.05 Å². The monoisotopic (exact) mass is 145 g/mol. The summed E-state index contributed by atoms with van der Waals surface area (Å²) in [6.07, 6.45) is 2.66. The topological polar surface area (TPSA) is 26.0 Å². The molecule has 0 spiro atoms. The van der Waals surface area contributed by atoms with Gasteiger partial charge in [-0.3, -0.25) is 0 Å². The molecular formula is C9H23N. The van der Waals surface area contributed by atoms with E-state index in [1.807, 2.05) is 0 Å². The van der Waals surface area contributed by atoms with E-state index in [4.69, 9.17) is 0 Å². The standard InChI is InChI=1S/C8H18.CH5N/c1-5-7(3)8(4)6-2;1-2/h7-8H,5-6H2,1-4H3;2H2,1H3. The summed E-state index contributed by atoms with van der Waals surface area (Å²) in [4.78, 5) is 0. The van der Waals surface area contributed by atoms with Crippen molar-refractivity contribution in [2.24, 2.45) is 17.6 Å². The summed E-state index contributed by atoms with van der Waals surface area (Å²) in [5.74, 6) is 1.83. The summed E-state index contributed by atoms with van der Waals surface area (Å²) in [6.45, 7) is 9.18. The van der Waals surface area contributed by atoms with Gasteiger partial charge in [0, 0.05) is 0 Å². The fraction of sp³-hybridized carbons (Fsp3) is 1.00. The second kappa shape index (κ2) is 8.96. The van der Waals surface area contributed by atoms with Gasteiger partial charge in [-0.2, -0.15) is 0 Å². The molecule has 1 heteroatoms. The van der Waals surface area contributed by atoms with Crippen molar-refractivity contribution in [2.75, 3.05) is 7.05 Å². The molecule has 0 fully saturated rings. The molecule has 0 radical (unpaired) electrons. The Morgan fingerprint density at radius 2 is 1.10 bits per heavy atom. The summed E-state index contributed by atoms with van der Waals surface area (Å²) in [7, 11) is 1.50. The molecule has 0 rings (SSSR count). The first kappa shape index (κ1) is 12.6. The average molecular weight is 145 g/mol. The van der Waals surface area contributed by atoms with Crippen molar-refractivity contribution in [3.8, 4) is 0 Å². The highest BCUT2D eigenvalue weighted by Crippen LogP contribution is 2.16. The fourth-order valence-corrected chi connectivity index (χ4v) is 0.805. The molecule has 0 aliphatic carbocycles. The van der Waals surface area contributed by atoms with Crippen LogP contribution < -0.4 is 5.73 Å². The molecule has 2 unspecified atom stereocenters. The van der Waals surface area contributed by atoms with Crippen LogP contribution in [0.1, 0.15) is 40.5 Å². The Morgan fingerprint density at radius 3 is 1.20 bits per heavy atom. The second-order valence-electron chi connectivity index (χ2n) is 2.77. The van der Waals surface area contributed by atoms with E-state index in [1.165, 1.54) is 19.9 Å². The molecule has 0 saturated carbocycles. The van der Waals surface area contributed by atoms with Crippen LogP contribution >= 0.6 is 0 Å². The van der Waals surface area contributed by atoms with Gasteiger partial charge >= 0.3 is 0 Å². The number of rotatable bonds is 3. The van der Waals surface area contributed by atoms with Crippen LogP contribution in [0.2, 0.25) is 0 Å². The molecule has 0 aromatic carbocycles. The van der Waals surface area contributed by atoms with Gasteiger partial charge in [0.2, 0.25) is 0 Å². The Bertz CT molecular complexity index is 44.7. The van der Waals surface area contributed by atoms with Gasteiger partial charge in [-0.1, -0.05) is 40.5 Å². The molecule has 2 atom stereocenters. The highest BCUT2D eigenvalue weighted by atomic mass is 14.4. The van der Waals surface area contributed by atoms with E-state index in [1.54, 1.807) is 0 Å². The predicted molar refractivity (Wildman–Crippen MR) is 49.0 cm³/mol. The summed E-state index contributed by atoms with van der Waals surface area (Å²) >= 11 is 0. The molecule has 0 amide bonds. The molecule has 0 aromatic rings. The van der Waals surface area contributed by atoms with E-state index in [-0.39, 0.29) is 0 Å². The lowest BCUT2D eigenvalue weighted by Gasteiger charge is -2.14. The minimum Gasteiger partial charge on any atom is -0.333 e. The molecule has 0 heterocycles. The third-order valence-electron chi connectivity index (χ3n) is 2.26. The SMILES string of the molecule is CCC(C)C(C)CC.CN. The van der Waals surface area contributed by atoms with Crippen LogP contribution in [0.25, 0.3) is 0 Å². The summed E-state index contributed by atoms with van der Waals surface area (Å²) in [5.41, 5.74) is 4.50. The Labute approximate surface area is 66.0 Å². The van der Waals surface area contributed by atoms with Gasteiger partial charge in [-0.15, -0.1) is 0 Å². The Hall–Kier alpha value is -0.0400. The smallest absolute Gasteiger partial charge is 0.0195 e. The van der Waals surface area contributed by atoms with E-state index in [9.17, 15) is 0 Å². The van der Waals surface area contributed by atoms with Crippen molar-refractivity contribution in [3.63, 3.8) is 0 Å². The first-order valence-corrected chi connectivity index (χ1v) is 4.30. The molecule has 10 heavy (non-hydrogen) atoms. The minimum absolute atomic E-state index is 0.917. The van der Waals surface area contributed by atoms with E-state index in [0.29, 0.717) is 0 Å². The largest absolute Gasteiger partial charge is 0.333 e. The Balaban J connectivity index is 0. The van der Waals surface area contributed by atoms with Crippen LogP contribution in [-0.2, 0) is 0 Å². The molecule has 0 aliphatic heterocycles. The van der Waals surface area contributed by atoms with Crippen molar-refractivity contribution in [1.82, 2.24) is 0 Å². The van der Waals surface area contributed by atoms with Crippen molar-refractivity contribution in [1.29, 1.82) is 0 Å². The molecule has 64 valence electrons. The first-order chi connectivity index (χ1) is 4.72. The Morgan fingerprint density at radius 1 is 0.900 bits per heavy atom. The summed E-state index contributed by atoms with van der Waals surface area (Å²) in [5, 5.41) is 0. The lowest BCUT2D eigenvalue weighted by atomic mass is 9.92. The van der Waals surface area contributed by atoms with Crippen molar-refractivity contribution in [3.05, 3.63) is 0 Å². The highest BCUT2D eigenvalue weighted by molar-refractivity contribution is 4.56. The van der Waals surface area contributed by atoms with Crippen LogP contribution in [0.3, 0.4) is 0 Å². The average Bonchev–Trinajstić information content (AvgIpc) is 2.05. The summed E-state index contributed by atoms with van der Waals surface area (Å²) in [6, 6.07) is 0. The quantitative estimate of drug-likeness (QED) is 0.649. The van der Waals surface area contributed by atoms with Gasteiger partial charge in [0.05, 0.1) is 0 Å². The third kappa shape index (κ3) is 6.09. The highest BCUT2D eigenvalue weighted by Gasteiger charge is 2.05. The van der Waals surface area contributed by atoms with E-state index >= 15 is 0 Å². The van der Waals surface area contributed by atoms with Gasteiger partial charge in [0.25, 0.3) is 0 Å². The van der Waals surface area contributed by atoms with Gasteiger partial charge in [-0.25, -0.2) is 0 Å². The molecule has 0 saturated heterocycles. The zero-order valence-electron chi connectivity index (χ0n) is 8.15. The maximum atomic E-state index is 4.50. The van der Waals surface area contributed by atoms with Crippen molar-refractivity contribution in [2.45, 2.75) is 40.5 Å². The van der Waals surface area contributed by atoms with Gasteiger partial charge in [0.1, 0.15) is 0 Å². The number of hydrogen-bond acceptors (Lipinski definition) is 1. The van der Waals surface area contributed by atoms with Gasteiger partial charge < -0.3 is 5.73 Å². The van der Waals surface area contributed by atoms with E-state index in [2.05, 4.69) is 33.4 Å². The molecule has 2 N–H and O–H groups in total. The van der Waals surface area contributed by atoms with E-state index < -0.39 is 0 Å². The second-order valence-corrected chi connectivity index (χ2v) is 2.77. The minimum atomic E-state index is 0.917. The third-order valence-corrected chi connectivity index (χ3v) is 2.26. The molecule has 0 aromatic heterocycles. The molecule has 0 bridgehead atoms. The van der Waals surface area contributed by atoms with Crippen molar-refractivity contribution < 1.29 is 0 Å². The van der Waals surface area contributed by atoms with Gasteiger partial charge in [-0.05, 0) is 18.9 Å². The van der Waals surface area contributed by atoms with Crippen LogP contribution in [0, 0.1) is 11.8 Å². The maximum Gasteiger partial charge on any atom is -0.0195 e. The number of hydrogen-bond donors (Lipinski definition) is 1. The molecule has 1 nitrogen and oxygen atoms in total. The van der Waals surface area contributed by atoms with Crippen LogP contribution in [0.15, 0.2) is 0 Å². The van der Waals surface area contributed by atoms with Crippen LogP contribution in [0.4, 0.5) is 0 Å². The molecule has 0 aliphatic rings. The normalized spacial score (nSPS) is 15.0. The number of nitrogens with two attached hydrogens (primary N) is 1. The van der Waals surface area contributed by atoms with Crippen LogP contribution in [0.5, 0.6) is 0 Å². The first-order valence-electron chi connectivity index (χ1n) is 4.30. The Kier molecular flexibility index (Phi) is 11.3. The lowest BCUT2D eigenvalue weighted by Crippen LogP contribution is -2.04. The van der Waals surface area contributed by atoms with Gasteiger partial charge in [0.15, 0.2) is 0 Å². The lowest BCUT2D eigenvalue weighted by molar-refractivity contribution is 0.367. The van der Waals surface area contributed by atoms with E-state index in [0.717, 1.165) is 11.8 Å². The predicted octanol–water partition coefficient (Wildman–Crippen LogP) is 2.65. The zero-order valence-corrected chi connectivity index (χ0v) is 8.15. The zero-order chi connectivity index (χ0) is 8.57. The molecular weight excluding hydrogens is 122 g/mol. The summed E-state index contributed by atoms with van der Waals surface area (Å²) < 4.78 is 0. The maximum absolute atomic E-state index is 4.50.